The highest BCUT2D eigenvalue weighted by atomic mass is 16.3. The van der Waals surface area contributed by atoms with E-state index in [0.29, 0.717) is 5.92 Å². The molecule has 3 N–H and O–H groups in total. The number of fused-ring (bicyclic) bond motifs is 1. The van der Waals surface area contributed by atoms with Crippen molar-refractivity contribution in [1.29, 1.82) is 0 Å². The van der Waals surface area contributed by atoms with Crippen LogP contribution in [0, 0.1) is 5.92 Å². The van der Waals surface area contributed by atoms with Gasteiger partial charge in [-0.25, -0.2) is 0 Å². The first-order valence-electron chi connectivity index (χ1n) is 7.50. The van der Waals surface area contributed by atoms with Crippen LogP contribution in [-0.4, -0.2) is 51.0 Å². The van der Waals surface area contributed by atoms with Gasteiger partial charge in [-0.3, -0.25) is 0 Å². The average molecular weight is 242 g/mol. The summed E-state index contributed by atoms with van der Waals surface area (Å²) in [7, 11) is 4.47. The van der Waals surface area contributed by atoms with Crippen LogP contribution in [-0.2, 0) is 0 Å². The Kier molecular flexibility index (Phi) is 4.83. The lowest BCUT2D eigenvalue weighted by Crippen LogP contribution is -3.18. The zero-order valence-electron chi connectivity index (χ0n) is 11.5. The van der Waals surface area contributed by atoms with E-state index >= 15 is 0 Å². The number of nitrogens with one attached hydrogen (secondary N) is 2. The van der Waals surface area contributed by atoms with Crippen LogP contribution in [0.2, 0.25) is 0 Å². The molecule has 17 heavy (non-hydrogen) atoms. The lowest BCUT2D eigenvalue weighted by Gasteiger charge is -2.43. The molecule has 0 aromatic carbocycles. The Morgan fingerprint density at radius 2 is 1.94 bits per heavy atom. The third-order valence-corrected chi connectivity index (χ3v) is 4.77. The van der Waals surface area contributed by atoms with Crippen molar-refractivity contribution in [2.45, 2.75) is 50.7 Å². The molecule has 1 saturated heterocycles. The van der Waals surface area contributed by atoms with Crippen LogP contribution >= 0.6 is 0 Å². The second-order valence-electron chi connectivity index (χ2n) is 6.38. The maximum absolute atomic E-state index is 10.1. The standard InChI is InChI=1S/C14H28N2O/c1-15(2)9-5-10-16-11-8-14(17)12-6-3-4-7-13(12)16/h12-14,17H,3-11H2,1-2H3/p+2/t12-,13-,14-/m0/s1. The van der Waals surface area contributed by atoms with Crippen LogP contribution in [0.1, 0.15) is 38.5 Å². The molecule has 4 atom stereocenters. The molecule has 1 aliphatic heterocycles. The molecule has 0 spiro atoms. The Hall–Kier alpha value is -0.120. The van der Waals surface area contributed by atoms with Gasteiger partial charge in [-0.1, -0.05) is 6.42 Å². The van der Waals surface area contributed by atoms with Crippen LogP contribution in [0.3, 0.4) is 0 Å². The Morgan fingerprint density at radius 3 is 2.71 bits per heavy atom. The molecular weight excluding hydrogens is 212 g/mol. The van der Waals surface area contributed by atoms with Gasteiger partial charge in [-0.2, -0.15) is 0 Å². The minimum atomic E-state index is 0.00326. The van der Waals surface area contributed by atoms with E-state index in [1.807, 2.05) is 0 Å². The van der Waals surface area contributed by atoms with Gasteiger partial charge in [0.15, 0.2) is 0 Å². The van der Waals surface area contributed by atoms with Gasteiger partial charge in [0.2, 0.25) is 0 Å². The largest absolute Gasteiger partial charge is 0.392 e. The molecule has 1 aliphatic carbocycles. The number of rotatable bonds is 4. The van der Waals surface area contributed by atoms with Gasteiger partial charge in [0, 0.05) is 18.8 Å². The van der Waals surface area contributed by atoms with Crippen LogP contribution in [0.5, 0.6) is 0 Å². The second-order valence-corrected chi connectivity index (χ2v) is 6.38. The van der Waals surface area contributed by atoms with Crippen molar-refractivity contribution in [3.63, 3.8) is 0 Å². The van der Waals surface area contributed by atoms with Crippen molar-refractivity contribution < 1.29 is 14.9 Å². The molecule has 1 saturated carbocycles. The number of hydrogen-bond donors (Lipinski definition) is 3. The summed E-state index contributed by atoms with van der Waals surface area (Å²) in [5.74, 6) is 0.610. The average Bonchev–Trinajstić information content (AvgIpc) is 2.32. The van der Waals surface area contributed by atoms with Crippen molar-refractivity contribution in [3.8, 4) is 0 Å². The Balaban J connectivity index is 1.84. The van der Waals surface area contributed by atoms with E-state index in [0.717, 1.165) is 12.5 Å². The zero-order chi connectivity index (χ0) is 12.3. The topological polar surface area (TPSA) is 29.1 Å². The highest BCUT2D eigenvalue weighted by Gasteiger charge is 2.41. The SMILES string of the molecule is C[NH+](C)CCC[NH+]1CC[C@H](O)[C@H]2CCCC[C@@H]21. The number of hydrogen-bond acceptors (Lipinski definition) is 1. The number of aliphatic hydroxyl groups excluding tert-OH is 1. The van der Waals surface area contributed by atoms with E-state index in [-0.39, 0.29) is 6.10 Å². The van der Waals surface area contributed by atoms with Crippen molar-refractivity contribution in [2.24, 2.45) is 5.92 Å². The predicted molar refractivity (Wildman–Crippen MR) is 69.4 cm³/mol. The van der Waals surface area contributed by atoms with Gasteiger partial charge in [0.05, 0.1) is 45.9 Å². The van der Waals surface area contributed by atoms with Crippen LogP contribution in [0.4, 0.5) is 0 Å². The molecular formula is C14H30N2O+2. The first-order chi connectivity index (χ1) is 8.18. The molecule has 0 radical (unpaired) electrons. The van der Waals surface area contributed by atoms with E-state index in [2.05, 4.69) is 14.1 Å². The Morgan fingerprint density at radius 1 is 1.18 bits per heavy atom. The van der Waals surface area contributed by atoms with E-state index in [1.165, 1.54) is 51.7 Å². The number of quaternary nitrogens is 2. The highest BCUT2D eigenvalue weighted by Crippen LogP contribution is 2.28. The van der Waals surface area contributed by atoms with E-state index in [9.17, 15) is 5.11 Å². The van der Waals surface area contributed by atoms with Gasteiger partial charge < -0.3 is 14.9 Å². The fourth-order valence-electron chi connectivity index (χ4n) is 3.84. The molecule has 0 aromatic rings. The molecule has 1 unspecified atom stereocenters. The summed E-state index contributed by atoms with van der Waals surface area (Å²) in [4.78, 5) is 3.35. The molecule has 0 aromatic heterocycles. The Labute approximate surface area is 106 Å². The third kappa shape index (κ3) is 3.43. The lowest BCUT2D eigenvalue weighted by molar-refractivity contribution is -0.941. The molecule has 100 valence electrons. The second kappa shape index (κ2) is 6.17. The summed E-state index contributed by atoms with van der Waals surface area (Å²) in [6.45, 7) is 3.80. The van der Waals surface area contributed by atoms with Gasteiger partial charge in [0.25, 0.3) is 0 Å². The minimum Gasteiger partial charge on any atom is -0.392 e. The molecule has 2 aliphatic rings. The monoisotopic (exact) mass is 242 g/mol. The van der Waals surface area contributed by atoms with Gasteiger partial charge >= 0.3 is 0 Å². The third-order valence-electron chi connectivity index (χ3n) is 4.77. The maximum atomic E-state index is 10.1. The number of aliphatic hydroxyl groups is 1. The van der Waals surface area contributed by atoms with Gasteiger partial charge in [-0.15, -0.1) is 0 Å². The van der Waals surface area contributed by atoms with Crippen LogP contribution < -0.4 is 9.80 Å². The first kappa shape index (κ1) is 13.3. The molecule has 2 rings (SSSR count). The van der Waals surface area contributed by atoms with Crippen molar-refractivity contribution in [2.75, 3.05) is 33.7 Å². The normalized spacial score (nSPS) is 38.1. The fourth-order valence-corrected chi connectivity index (χ4v) is 3.84. The van der Waals surface area contributed by atoms with Gasteiger partial charge in [-0.05, 0) is 19.3 Å². The molecule has 0 bridgehead atoms. The fraction of sp³-hybridized carbons (Fsp3) is 1.00. The molecule has 0 amide bonds. The van der Waals surface area contributed by atoms with E-state index in [1.54, 1.807) is 9.80 Å². The van der Waals surface area contributed by atoms with Crippen molar-refractivity contribution >= 4 is 0 Å². The molecule has 3 heteroatoms. The zero-order valence-corrected chi connectivity index (χ0v) is 11.5. The van der Waals surface area contributed by atoms with Crippen molar-refractivity contribution in [3.05, 3.63) is 0 Å². The first-order valence-corrected chi connectivity index (χ1v) is 7.50. The molecule has 3 nitrogen and oxygen atoms in total. The summed E-state index contributed by atoms with van der Waals surface area (Å²) in [5.41, 5.74) is 0. The van der Waals surface area contributed by atoms with Gasteiger partial charge in [0.1, 0.15) is 0 Å². The number of likely N-dealkylation sites (tertiary alicyclic amines) is 1. The molecule has 1 heterocycles. The van der Waals surface area contributed by atoms with Crippen molar-refractivity contribution in [1.82, 2.24) is 0 Å². The molecule has 2 fully saturated rings. The maximum Gasteiger partial charge on any atom is 0.0928 e. The summed E-state index contributed by atoms with van der Waals surface area (Å²) >= 11 is 0. The van der Waals surface area contributed by atoms with Crippen LogP contribution in [0.15, 0.2) is 0 Å². The Bertz CT molecular complexity index is 232. The predicted octanol–water partition coefficient (Wildman–Crippen LogP) is -1.27. The number of piperidine rings is 1. The van der Waals surface area contributed by atoms with E-state index in [4.69, 9.17) is 0 Å². The summed E-state index contributed by atoms with van der Waals surface area (Å²) in [6.07, 6.45) is 7.72. The quantitative estimate of drug-likeness (QED) is 0.564. The summed E-state index contributed by atoms with van der Waals surface area (Å²) in [6, 6.07) is 0.768. The summed E-state index contributed by atoms with van der Waals surface area (Å²) in [5, 5.41) is 10.1. The minimum absolute atomic E-state index is 0.00326. The van der Waals surface area contributed by atoms with E-state index < -0.39 is 0 Å². The van der Waals surface area contributed by atoms with Crippen LogP contribution in [0.25, 0.3) is 0 Å². The lowest BCUT2D eigenvalue weighted by atomic mass is 9.76. The summed E-state index contributed by atoms with van der Waals surface area (Å²) < 4.78 is 0. The smallest absolute Gasteiger partial charge is 0.0928 e. The highest BCUT2D eigenvalue weighted by molar-refractivity contribution is 4.83.